The first kappa shape index (κ1) is 15.1. The molecule has 0 bridgehead atoms. The molecule has 1 heterocycles. The van der Waals surface area contributed by atoms with E-state index >= 15 is 0 Å². The summed E-state index contributed by atoms with van der Waals surface area (Å²) >= 11 is 5.60. The Balaban J connectivity index is 2.02. The summed E-state index contributed by atoms with van der Waals surface area (Å²) in [6.07, 6.45) is 7.84. The van der Waals surface area contributed by atoms with Gasteiger partial charge in [0.2, 0.25) is 0 Å². The molecule has 0 aromatic carbocycles. The molecule has 1 aromatic rings. The lowest BCUT2D eigenvalue weighted by Crippen LogP contribution is -2.10. The van der Waals surface area contributed by atoms with Gasteiger partial charge in [-0.25, -0.2) is 9.97 Å². The van der Waals surface area contributed by atoms with E-state index in [1.165, 1.54) is 32.1 Å². The number of hydrogen-bond donors (Lipinski definition) is 1. The molecule has 5 heteroatoms. The van der Waals surface area contributed by atoms with Crippen LogP contribution in [-0.2, 0) is 12.2 Å². The number of thioether (sulfide) groups is 1. The van der Waals surface area contributed by atoms with Crippen LogP contribution in [0, 0.1) is 0 Å². The molecule has 0 radical (unpaired) electrons. The van der Waals surface area contributed by atoms with Gasteiger partial charge in [0.05, 0.1) is 15.9 Å². The number of halogens is 1. The van der Waals surface area contributed by atoms with E-state index in [1.54, 1.807) is 0 Å². The molecule has 1 aliphatic carbocycles. The summed E-state index contributed by atoms with van der Waals surface area (Å²) in [7, 11) is 1.91. The Hall–Kier alpha value is -0.290. The van der Waals surface area contributed by atoms with Crippen molar-refractivity contribution in [3.8, 4) is 0 Å². The number of anilines is 1. The molecule has 0 spiro atoms. The zero-order valence-electron chi connectivity index (χ0n) is 11.7. The van der Waals surface area contributed by atoms with Crippen LogP contribution in [0.2, 0.25) is 0 Å². The van der Waals surface area contributed by atoms with Gasteiger partial charge < -0.3 is 5.32 Å². The fourth-order valence-corrected chi connectivity index (χ4v) is 4.27. The van der Waals surface area contributed by atoms with Gasteiger partial charge in [-0.2, -0.15) is 11.8 Å². The monoisotopic (exact) mass is 343 g/mol. The highest BCUT2D eigenvalue weighted by Crippen LogP contribution is 2.31. The molecule has 0 amide bonds. The molecular formula is C14H22BrN3S. The second kappa shape index (κ2) is 7.48. The van der Waals surface area contributed by atoms with Gasteiger partial charge in [0.1, 0.15) is 11.6 Å². The summed E-state index contributed by atoms with van der Waals surface area (Å²) in [5.74, 6) is 2.80. The highest BCUT2D eigenvalue weighted by Gasteiger charge is 2.16. The predicted molar refractivity (Wildman–Crippen MR) is 86.8 cm³/mol. The lowest BCUT2D eigenvalue weighted by molar-refractivity contribution is 0.516. The van der Waals surface area contributed by atoms with Crippen molar-refractivity contribution in [2.75, 3.05) is 12.4 Å². The number of hydrogen-bond acceptors (Lipinski definition) is 4. The van der Waals surface area contributed by atoms with E-state index in [-0.39, 0.29) is 0 Å². The molecule has 0 unspecified atom stereocenters. The fraction of sp³-hybridized carbons (Fsp3) is 0.714. The van der Waals surface area contributed by atoms with Gasteiger partial charge in [-0.1, -0.05) is 26.2 Å². The second-order valence-electron chi connectivity index (χ2n) is 4.92. The third-order valence-corrected chi connectivity index (χ3v) is 5.74. The summed E-state index contributed by atoms with van der Waals surface area (Å²) in [4.78, 5) is 9.26. The van der Waals surface area contributed by atoms with Crippen LogP contribution in [0.4, 0.5) is 5.82 Å². The molecule has 1 fully saturated rings. The normalized spacial score (nSPS) is 16.6. The van der Waals surface area contributed by atoms with E-state index in [1.807, 2.05) is 18.8 Å². The van der Waals surface area contributed by atoms with E-state index in [4.69, 9.17) is 0 Å². The molecule has 0 aliphatic heterocycles. The first-order chi connectivity index (χ1) is 9.24. The van der Waals surface area contributed by atoms with Gasteiger partial charge in [-0.05, 0) is 35.2 Å². The molecule has 1 N–H and O–H groups in total. The van der Waals surface area contributed by atoms with Crippen molar-refractivity contribution in [2.45, 2.75) is 56.5 Å². The van der Waals surface area contributed by atoms with Crippen LogP contribution in [0.25, 0.3) is 0 Å². The number of nitrogens with zero attached hydrogens (tertiary/aromatic N) is 2. The van der Waals surface area contributed by atoms with Crippen LogP contribution in [0.5, 0.6) is 0 Å². The van der Waals surface area contributed by atoms with E-state index < -0.39 is 0 Å². The quantitative estimate of drug-likeness (QED) is 0.859. The zero-order valence-corrected chi connectivity index (χ0v) is 14.1. The summed E-state index contributed by atoms with van der Waals surface area (Å²) in [6, 6.07) is 0. The summed E-state index contributed by atoms with van der Waals surface area (Å²) in [5.41, 5.74) is 1.10. The minimum atomic E-state index is 0.809. The largest absolute Gasteiger partial charge is 0.372 e. The average molecular weight is 344 g/mol. The Kier molecular flexibility index (Phi) is 5.95. The molecule has 2 rings (SSSR count). The van der Waals surface area contributed by atoms with Gasteiger partial charge in [-0.15, -0.1) is 0 Å². The number of rotatable bonds is 5. The van der Waals surface area contributed by atoms with E-state index in [0.717, 1.165) is 39.2 Å². The summed E-state index contributed by atoms with van der Waals surface area (Å²) < 4.78 is 1.00. The minimum absolute atomic E-state index is 0.809. The van der Waals surface area contributed by atoms with Crippen LogP contribution in [0.1, 0.15) is 50.5 Å². The number of nitrogens with one attached hydrogen (secondary N) is 1. The fourth-order valence-electron chi connectivity index (χ4n) is 2.43. The minimum Gasteiger partial charge on any atom is -0.372 e. The van der Waals surface area contributed by atoms with Crippen molar-refractivity contribution < 1.29 is 0 Å². The van der Waals surface area contributed by atoms with E-state index in [0.29, 0.717) is 0 Å². The molecule has 106 valence electrons. The van der Waals surface area contributed by atoms with Crippen LogP contribution >= 0.6 is 27.7 Å². The highest BCUT2D eigenvalue weighted by molar-refractivity contribution is 9.10. The van der Waals surface area contributed by atoms with Crippen LogP contribution in [-0.4, -0.2) is 22.3 Å². The van der Waals surface area contributed by atoms with Crippen molar-refractivity contribution in [1.82, 2.24) is 9.97 Å². The Morgan fingerprint density at radius 3 is 2.63 bits per heavy atom. The Morgan fingerprint density at radius 2 is 2.00 bits per heavy atom. The van der Waals surface area contributed by atoms with Gasteiger partial charge in [0.15, 0.2) is 0 Å². The number of aromatic nitrogens is 2. The van der Waals surface area contributed by atoms with Crippen LogP contribution in [0.3, 0.4) is 0 Å². The lowest BCUT2D eigenvalue weighted by atomic mass is 10.0. The third-order valence-electron chi connectivity index (χ3n) is 3.54. The second-order valence-corrected chi connectivity index (χ2v) is 7.01. The van der Waals surface area contributed by atoms with Crippen LogP contribution in [0.15, 0.2) is 4.47 Å². The molecule has 3 nitrogen and oxygen atoms in total. The maximum atomic E-state index is 4.66. The molecule has 1 aromatic heterocycles. The van der Waals surface area contributed by atoms with Gasteiger partial charge in [0, 0.05) is 12.3 Å². The van der Waals surface area contributed by atoms with Crippen LogP contribution < -0.4 is 5.32 Å². The summed E-state index contributed by atoms with van der Waals surface area (Å²) in [6.45, 7) is 2.13. The molecular weight excluding hydrogens is 322 g/mol. The molecule has 1 saturated carbocycles. The molecule has 0 saturated heterocycles. The Bertz CT molecular complexity index is 394. The van der Waals surface area contributed by atoms with E-state index in [9.17, 15) is 0 Å². The van der Waals surface area contributed by atoms with Crippen molar-refractivity contribution in [3.05, 3.63) is 16.0 Å². The zero-order chi connectivity index (χ0) is 13.7. The first-order valence-electron chi connectivity index (χ1n) is 7.09. The van der Waals surface area contributed by atoms with Crippen molar-refractivity contribution in [2.24, 2.45) is 0 Å². The highest BCUT2D eigenvalue weighted by atomic mass is 79.9. The van der Waals surface area contributed by atoms with Crippen molar-refractivity contribution >= 4 is 33.5 Å². The SMILES string of the molecule is CCc1nc(CSC2CCCCC2)nc(NC)c1Br. The molecule has 0 atom stereocenters. The Labute approximate surface area is 128 Å². The number of aryl methyl sites for hydroxylation is 1. The average Bonchev–Trinajstić information content (AvgIpc) is 2.47. The van der Waals surface area contributed by atoms with E-state index in [2.05, 4.69) is 38.1 Å². The predicted octanol–water partition coefficient (Wildman–Crippen LogP) is 4.41. The molecule has 19 heavy (non-hydrogen) atoms. The van der Waals surface area contributed by atoms with Gasteiger partial charge >= 0.3 is 0 Å². The topological polar surface area (TPSA) is 37.8 Å². The first-order valence-corrected chi connectivity index (χ1v) is 8.93. The third kappa shape index (κ3) is 4.09. The Morgan fingerprint density at radius 1 is 1.26 bits per heavy atom. The molecule has 1 aliphatic rings. The maximum absolute atomic E-state index is 4.66. The van der Waals surface area contributed by atoms with Gasteiger partial charge in [-0.3, -0.25) is 0 Å². The lowest BCUT2D eigenvalue weighted by Gasteiger charge is -2.20. The van der Waals surface area contributed by atoms with Crippen molar-refractivity contribution in [1.29, 1.82) is 0 Å². The maximum Gasteiger partial charge on any atom is 0.144 e. The van der Waals surface area contributed by atoms with Crippen molar-refractivity contribution in [3.63, 3.8) is 0 Å². The van der Waals surface area contributed by atoms with Gasteiger partial charge in [0.25, 0.3) is 0 Å². The smallest absolute Gasteiger partial charge is 0.144 e. The standard InChI is InChI=1S/C14H22BrN3S/c1-3-11-13(15)14(16-2)18-12(17-11)9-19-10-7-5-4-6-8-10/h10H,3-9H2,1-2H3,(H,16,17,18). The summed E-state index contributed by atoms with van der Waals surface area (Å²) in [5, 5.41) is 3.95.